The smallest absolute Gasteiger partial charge is 0.321 e. The molecule has 2 aliphatic heterocycles. The molecule has 1 atom stereocenters. The minimum atomic E-state index is -0.651. The number of quaternary nitrogens is 1. The number of imide groups is 1. The van der Waals surface area contributed by atoms with Crippen LogP contribution < -0.4 is 25.0 Å². The van der Waals surface area contributed by atoms with Gasteiger partial charge in [0.05, 0.1) is 26.2 Å². The van der Waals surface area contributed by atoms with Crippen molar-refractivity contribution < 1.29 is 28.8 Å². The van der Waals surface area contributed by atoms with Gasteiger partial charge in [-0.1, -0.05) is 25.5 Å². The summed E-state index contributed by atoms with van der Waals surface area (Å²) >= 11 is 0. The van der Waals surface area contributed by atoms with E-state index in [1.807, 2.05) is 25.1 Å². The summed E-state index contributed by atoms with van der Waals surface area (Å²) in [6.45, 7) is 5.34. The lowest BCUT2D eigenvalue weighted by molar-refractivity contribution is -0.896. The highest BCUT2D eigenvalue weighted by atomic mass is 16.6. The maximum absolute atomic E-state index is 12.7. The topological polar surface area (TPSA) is 101 Å². The molecule has 0 radical (unpaired) electrons. The Morgan fingerprint density at radius 3 is 2.62 bits per heavy atom. The summed E-state index contributed by atoms with van der Waals surface area (Å²) in [5, 5.41) is 5.01. The van der Waals surface area contributed by atoms with E-state index in [1.165, 1.54) is 0 Å². The summed E-state index contributed by atoms with van der Waals surface area (Å²) in [6, 6.07) is 6.84. The van der Waals surface area contributed by atoms with Crippen molar-refractivity contribution in [1.29, 1.82) is 0 Å². The van der Waals surface area contributed by atoms with Crippen molar-refractivity contribution in [3.63, 3.8) is 0 Å². The van der Waals surface area contributed by atoms with Gasteiger partial charge in [0.15, 0.2) is 18.0 Å². The molecule has 2 heterocycles. The second-order valence-corrected chi connectivity index (χ2v) is 7.27. The minimum absolute atomic E-state index is 0.0988. The lowest BCUT2D eigenvalue weighted by Gasteiger charge is -2.35. The monoisotopic (exact) mass is 405 g/mol. The standard InChI is InChI=1S/C20H28N4O5/c1-2-3-8-21-20(27)22-18(25)13-23-9-11-24(12-10-23)19(26)17-14-28-15-6-4-5-7-16(15)29-17/h4-7,17H,2-3,8-14H2,1H3,(H2,21,22,25,27)/p+1/t17-/m0/s1. The zero-order valence-corrected chi connectivity index (χ0v) is 16.7. The van der Waals surface area contributed by atoms with Gasteiger partial charge in [0.25, 0.3) is 11.8 Å². The van der Waals surface area contributed by atoms with E-state index >= 15 is 0 Å². The largest absolute Gasteiger partial charge is 0.485 e. The Morgan fingerprint density at radius 1 is 1.17 bits per heavy atom. The lowest BCUT2D eigenvalue weighted by Crippen LogP contribution is -3.16. The highest BCUT2D eigenvalue weighted by molar-refractivity contribution is 5.94. The van der Waals surface area contributed by atoms with Crippen LogP contribution in [0.25, 0.3) is 0 Å². The number of piperazine rings is 1. The number of benzene rings is 1. The van der Waals surface area contributed by atoms with E-state index < -0.39 is 12.1 Å². The molecule has 2 aliphatic rings. The van der Waals surface area contributed by atoms with Crippen molar-refractivity contribution in [1.82, 2.24) is 15.5 Å². The van der Waals surface area contributed by atoms with Crippen LogP contribution in [0.15, 0.2) is 24.3 Å². The number of rotatable bonds is 6. The average molecular weight is 405 g/mol. The number of hydrogen-bond donors (Lipinski definition) is 3. The molecular formula is C20H29N4O5+. The minimum Gasteiger partial charge on any atom is -0.485 e. The Kier molecular flexibility index (Phi) is 7.29. The first kappa shape index (κ1) is 20.9. The van der Waals surface area contributed by atoms with Crippen LogP contribution in [0.5, 0.6) is 11.5 Å². The Hall–Kier alpha value is -2.81. The van der Waals surface area contributed by atoms with Crippen LogP contribution in [0.1, 0.15) is 19.8 Å². The number of carbonyl (C=O) groups is 3. The molecule has 0 unspecified atom stereocenters. The molecule has 29 heavy (non-hydrogen) atoms. The number of ether oxygens (including phenoxy) is 2. The van der Waals surface area contributed by atoms with Gasteiger partial charge >= 0.3 is 6.03 Å². The van der Waals surface area contributed by atoms with Gasteiger partial charge in [-0.05, 0) is 18.6 Å². The summed E-state index contributed by atoms with van der Waals surface area (Å²) in [5.41, 5.74) is 0. The summed E-state index contributed by atoms with van der Waals surface area (Å²) in [7, 11) is 0. The van der Waals surface area contributed by atoms with Gasteiger partial charge in [0.1, 0.15) is 6.61 Å². The van der Waals surface area contributed by atoms with Gasteiger partial charge in [-0.2, -0.15) is 0 Å². The van der Waals surface area contributed by atoms with Crippen molar-refractivity contribution in [2.24, 2.45) is 0 Å². The van der Waals surface area contributed by atoms with E-state index in [-0.39, 0.29) is 25.0 Å². The zero-order valence-electron chi connectivity index (χ0n) is 16.7. The number of para-hydroxylation sites is 2. The molecular weight excluding hydrogens is 376 g/mol. The first-order chi connectivity index (χ1) is 14.1. The van der Waals surface area contributed by atoms with E-state index in [9.17, 15) is 14.4 Å². The molecule has 0 spiro atoms. The predicted octanol–water partition coefficient (Wildman–Crippen LogP) is -0.821. The normalized spacial score (nSPS) is 18.8. The fourth-order valence-electron chi connectivity index (χ4n) is 3.39. The first-order valence-electron chi connectivity index (χ1n) is 10.2. The van der Waals surface area contributed by atoms with E-state index in [4.69, 9.17) is 9.47 Å². The first-order valence-corrected chi connectivity index (χ1v) is 10.2. The molecule has 1 aromatic carbocycles. The van der Waals surface area contributed by atoms with Gasteiger partial charge in [0, 0.05) is 6.54 Å². The zero-order chi connectivity index (χ0) is 20.6. The highest BCUT2D eigenvalue weighted by Crippen LogP contribution is 2.31. The maximum Gasteiger partial charge on any atom is 0.321 e. The van der Waals surface area contributed by atoms with Crippen LogP contribution >= 0.6 is 0 Å². The molecule has 3 N–H and O–H groups in total. The van der Waals surface area contributed by atoms with Crippen molar-refractivity contribution in [2.75, 3.05) is 45.9 Å². The summed E-state index contributed by atoms with van der Waals surface area (Å²) in [5.74, 6) is 0.818. The van der Waals surface area contributed by atoms with Gasteiger partial charge in [-0.3, -0.25) is 14.9 Å². The molecule has 1 aromatic rings. The van der Waals surface area contributed by atoms with Crippen LogP contribution in [0.4, 0.5) is 4.79 Å². The molecule has 9 heteroatoms. The van der Waals surface area contributed by atoms with Crippen molar-refractivity contribution in [3.8, 4) is 11.5 Å². The molecule has 0 saturated carbocycles. The molecule has 1 fully saturated rings. The highest BCUT2D eigenvalue weighted by Gasteiger charge is 2.34. The predicted molar refractivity (Wildman–Crippen MR) is 105 cm³/mol. The Morgan fingerprint density at radius 2 is 1.90 bits per heavy atom. The van der Waals surface area contributed by atoms with E-state index in [0.717, 1.165) is 17.7 Å². The molecule has 3 rings (SSSR count). The van der Waals surface area contributed by atoms with E-state index in [1.54, 1.807) is 11.0 Å². The number of nitrogens with zero attached hydrogens (tertiary/aromatic N) is 1. The van der Waals surface area contributed by atoms with Crippen LogP contribution in [0, 0.1) is 0 Å². The molecule has 1 saturated heterocycles. The van der Waals surface area contributed by atoms with Crippen LogP contribution in [0.2, 0.25) is 0 Å². The van der Waals surface area contributed by atoms with Crippen molar-refractivity contribution >= 4 is 17.8 Å². The number of carbonyl (C=O) groups excluding carboxylic acids is 3. The number of unbranched alkanes of at least 4 members (excludes halogenated alkanes) is 1. The second-order valence-electron chi connectivity index (χ2n) is 7.27. The SMILES string of the molecule is CCCCNC(=O)NC(=O)C[NH+]1CCN(C(=O)[C@@H]2COc3ccccc3O2)CC1. The summed E-state index contributed by atoms with van der Waals surface area (Å²) in [4.78, 5) is 39.2. The van der Waals surface area contributed by atoms with Gasteiger partial charge < -0.3 is 24.6 Å². The molecule has 158 valence electrons. The Labute approximate surface area is 170 Å². The number of urea groups is 1. The summed E-state index contributed by atoms with van der Waals surface area (Å²) in [6.07, 6.45) is 1.21. The number of nitrogens with one attached hydrogen (secondary N) is 3. The Bertz CT molecular complexity index is 733. The fourth-order valence-corrected chi connectivity index (χ4v) is 3.39. The van der Waals surface area contributed by atoms with Gasteiger partial charge in [-0.15, -0.1) is 0 Å². The summed E-state index contributed by atoms with van der Waals surface area (Å²) < 4.78 is 11.4. The van der Waals surface area contributed by atoms with Crippen LogP contribution in [-0.4, -0.2) is 74.7 Å². The Balaban J connectivity index is 1.39. The third-order valence-corrected chi connectivity index (χ3v) is 5.05. The fraction of sp³-hybridized carbons (Fsp3) is 0.550. The van der Waals surface area contributed by atoms with Crippen molar-refractivity contribution in [3.05, 3.63) is 24.3 Å². The number of hydrogen-bond acceptors (Lipinski definition) is 5. The quantitative estimate of drug-likeness (QED) is 0.537. The third kappa shape index (κ3) is 5.83. The maximum atomic E-state index is 12.7. The second kappa shape index (κ2) is 10.1. The van der Waals surface area contributed by atoms with Crippen molar-refractivity contribution in [2.45, 2.75) is 25.9 Å². The molecule has 0 bridgehead atoms. The van der Waals surface area contributed by atoms with Crippen LogP contribution in [-0.2, 0) is 9.59 Å². The number of fused-ring (bicyclic) bond motifs is 1. The van der Waals surface area contributed by atoms with Crippen LogP contribution in [0.3, 0.4) is 0 Å². The van der Waals surface area contributed by atoms with Gasteiger partial charge in [0.2, 0.25) is 6.10 Å². The van der Waals surface area contributed by atoms with E-state index in [2.05, 4.69) is 10.6 Å². The molecule has 0 aromatic heterocycles. The number of amides is 4. The average Bonchev–Trinajstić information content (AvgIpc) is 2.73. The third-order valence-electron chi connectivity index (χ3n) is 5.05. The van der Waals surface area contributed by atoms with Gasteiger partial charge in [-0.25, -0.2) is 4.79 Å². The molecule has 4 amide bonds. The molecule has 0 aliphatic carbocycles. The van der Waals surface area contributed by atoms with E-state index in [0.29, 0.717) is 44.2 Å². The molecule has 9 nitrogen and oxygen atoms in total. The lowest BCUT2D eigenvalue weighted by atomic mass is 10.2.